The van der Waals surface area contributed by atoms with Crippen molar-refractivity contribution in [3.63, 3.8) is 0 Å². The van der Waals surface area contributed by atoms with Crippen LogP contribution in [0, 0.1) is 11.6 Å². The summed E-state index contributed by atoms with van der Waals surface area (Å²) >= 11 is 0. The summed E-state index contributed by atoms with van der Waals surface area (Å²) in [5.74, 6) is -1.20. The molecule has 0 radical (unpaired) electrons. The molecule has 0 aliphatic carbocycles. The van der Waals surface area contributed by atoms with Gasteiger partial charge in [0.25, 0.3) is 5.91 Å². The second-order valence-corrected chi connectivity index (χ2v) is 5.70. The van der Waals surface area contributed by atoms with E-state index in [1.54, 1.807) is 36.5 Å². The molecule has 2 N–H and O–H groups in total. The molecule has 0 unspecified atom stereocenters. The Morgan fingerprint density at radius 3 is 2.54 bits per heavy atom. The Kier molecular flexibility index (Phi) is 5.53. The summed E-state index contributed by atoms with van der Waals surface area (Å²) in [6, 6.07) is 13.9. The Balaban J connectivity index is 1.59. The molecule has 0 saturated heterocycles. The van der Waals surface area contributed by atoms with Crippen LogP contribution in [0.3, 0.4) is 0 Å². The number of nitrogens with one attached hydrogen (secondary N) is 2. The van der Waals surface area contributed by atoms with Crippen LogP contribution < -0.4 is 10.6 Å². The zero-order valence-corrected chi connectivity index (χ0v) is 13.9. The van der Waals surface area contributed by atoms with Crippen molar-refractivity contribution in [3.05, 3.63) is 89.8 Å². The molecule has 0 spiro atoms. The van der Waals surface area contributed by atoms with Gasteiger partial charge in [-0.1, -0.05) is 24.3 Å². The molecular weight excluding hydrogens is 336 g/mol. The summed E-state index contributed by atoms with van der Waals surface area (Å²) in [4.78, 5) is 16.3. The Labute approximate surface area is 149 Å². The van der Waals surface area contributed by atoms with E-state index >= 15 is 0 Å². The number of rotatable bonds is 6. The molecule has 1 amide bonds. The number of carbonyl (C=O) groups is 1. The predicted molar refractivity (Wildman–Crippen MR) is 97.2 cm³/mol. The van der Waals surface area contributed by atoms with Crippen LogP contribution in [0.5, 0.6) is 0 Å². The van der Waals surface area contributed by atoms with Crippen molar-refractivity contribution >= 4 is 17.3 Å². The average Bonchev–Trinajstić information content (AvgIpc) is 2.65. The first-order valence-corrected chi connectivity index (χ1v) is 8.11. The Morgan fingerprint density at radius 2 is 1.77 bits per heavy atom. The van der Waals surface area contributed by atoms with Crippen molar-refractivity contribution in [1.29, 1.82) is 0 Å². The van der Waals surface area contributed by atoms with Crippen LogP contribution in [0.25, 0.3) is 0 Å². The Bertz CT molecular complexity index is 898. The Hall–Kier alpha value is -3.28. The third kappa shape index (κ3) is 4.63. The summed E-state index contributed by atoms with van der Waals surface area (Å²) < 4.78 is 26.5. The SMILES string of the molecule is O=C(Nc1ccccc1F)c1cncc(NCCc2ccc(F)cc2)c1. The van der Waals surface area contributed by atoms with E-state index in [0.717, 1.165) is 5.56 Å². The van der Waals surface area contributed by atoms with Gasteiger partial charge in [-0.3, -0.25) is 9.78 Å². The number of carbonyl (C=O) groups excluding carboxylic acids is 1. The molecule has 0 fully saturated rings. The third-order valence-electron chi connectivity index (χ3n) is 3.78. The van der Waals surface area contributed by atoms with Crippen LogP contribution in [0.1, 0.15) is 15.9 Å². The standard InChI is InChI=1S/C20H17F2N3O/c21-16-7-5-14(6-8-16)9-10-24-17-11-15(12-23-13-17)20(26)25-19-4-2-1-3-18(19)22/h1-8,11-13,24H,9-10H2,(H,25,26). The zero-order chi connectivity index (χ0) is 18.4. The summed E-state index contributed by atoms with van der Waals surface area (Å²) in [7, 11) is 0. The molecule has 1 heterocycles. The highest BCUT2D eigenvalue weighted by atomic mass is 19.1. The van der Waals surface area contributed by atoms with E-state index in [4.69, 9.17) is 0 Å². The van der Waals surface area contributed by atoms with Crippen molar-refractivity contribution in [2.75, 3.05) is 17.2 Å². The number of hydrogen-bond donors (Lipinski definition) is 2. The topological polar surface area (TPSA) is 54.0 Å². The van der Waals surface area contributed by atoms with Gasteiger partial charge in [0, 0.05) is 18.9 Å². The number of aromatic nitrogens is 1. The molecule has 4 nitrogen and oxygen atoms in total. The van der Waals surface area contributed by atoms with Gasteiger partial charge in [-0.15, -0.1) is 0 Å². The number of benzene rings is 2. The summed E-state index contributed by atoms with van der Waals surface area (Å²) in [6.45, 7) is 0.603. The van der Waals surface area contributed by atoms with E-state index in [9.17, 15) is 13.6 Å². The number of nitrogens with zero attached hydrogens (tertiary/aromatic N) is 1. The number of pyridine rings is 1. The van der Waals surface area contributed by atoms with E-state index in [1.165, 1.54) is 30.5 Å². The van der Waals surface area contributed by atoms with Gasteiger partial charge in [-0.25, -0.2) is 8.78 Å². The molecule has 0 atom stereocenters. The fourth-order valence-corrected chi connectivity index (χ4v) is 2.42. The minimum atomic E-state index is -0.498. The molecule has 3 rings (SSSR count). The minimum Gasteiger partial charge on any atom is -0.383 e. The van der Waals surface area contributed by atoms with Crippen molar-refractivity contribution in [2.24, 2.45) is 0 Å². The van der Waals surface area contributed by atoms with E-state index in [1.807, 2.05) is 0 Å². The molecule has 0 bridgehead atoms. The predicted octanol–water partition coefficient (Wildman–Crippen LogP) is 4.27. The van der Waals surface area contributed by atoms with Crippen molar-refractivity contribution < 1.29 is 13.6 Å². The van der Waals surface area contributed by atoms with E-state index in [0.29, 0.717) is 24.2 Å². The lowest BCUT2D eigenvalue weighted by molar-refractivity contribution is 0.102. The van der Waals surface area contributed by atoms with Crippen molar-refractivity contribution in [3.8, 4) is 0 Å². The number of para-hydroxylation sites is 1. The maximum Gasteiger partial charge on any atom is 0.257 e. The third-order valence-corrected chi connectivity index (χ3v) is 3.78. The molecular formula is C20H17F2N3O. The molecule has 2 aromatic carbocycles. The summed E-state index contributed by atoms with van der Waals surface area (Å²) in [5, 5.41) is 5.69. The molecule has 6 heteroatoms. The molecule has 1 aromatic heterocycles. The van der Waals surface area contributed by atoms with Crippen LogP contribution in [0.15, 0.2) is 67.0 Å². The van der Waals surface area contributed by atoms with Gasteiger partial charge < -0.3 is 10.6 Å². The van der Waals surface area contributed by atoms with Crippen LogP contribution >= 0.6 is 0 Å². The molecule has 3 aromatic rings. The zero-order valence-electron chi connectivity index (χ0n) is 13.9. The molecule has 132 valence electrons. The van der Waals surface area contributed by atoms with Gasteiger partial charge in [-0.2, -0.15) is 0 Å². The average molecular weight is 353 g/mol. The second kappa shape index (κ2) is 8.20. The highest BCUT2D eigenvalue weighted by Crippen LogP contribution is 2.15. The maximum atomic E-state index is 13.6. The fourth-order valence-electron chi connectivity index (χ4n) is 2.42. The number of hydrogen-bond acceptors (Lipinski definition) is 3. The van der Waals surface area contributed by atoms with Gasteiger partial charge >= 0.3 is 0 Å². The number of amides is 1. The first kappa shape index (κ1) is 17.5. The van der Waals surface area contributed by atoms with E-state index < -0.39 is 11.7 Å². The molecule has 0 saturated carbocycles. The molecule has 0 aliphatic rings. The van der Waals surface area contributed by atoms with Gasteiger partial charge in [0.2, 0.25) is 0 Å². The summed E-state index contributed by atoms with van der Waals surface area (Å²) in [5.41, 5.74) is 2.11. The van der Waals surface area contributed by atoms with Crippen molar-refractivity contribution in [1.82, 2.24) is 4.98 Å². The Morgan fingerprint density at radius 1 is 1.00 bits per heavy atom. The molecule has 0 aliphatic heterocycles. The highest BCUT2D eigenvalue weighted by molar-refractivity contribution is 6.04. The van der Waals surface area contributed by atoms with E-state index in [2.05, 4.69) is 15.6 Å². The smallest absolute Gasteiger partial charge is 0.257 e. The first-order chi connectivity index (χ1) is 12.6. The normalized spacial score (nSPS) is 10.4. The largest absolute Gasteiger partial charge is 0.383 e. The second-order valence-electron chi connectivity index (χ2n) is 5.70. The fraction of sp³-hybridized carbons (Fsp3) is 0.100. The molecule has 26 heavy (non-hydrogen) atoms. The lowest BCUT2D eigenvalue weighted by atomic mass is 10.1. The van der Waals surface area contributed by atoms with Crippen LogP contribution in [0.2, 0.25) is 0 Å². The lowest BCUT2D eigenvalue weighted by Crippen LogP contribution is -2.14. The highest BCUT2D eigenvalue weighted by Gasteiger charge is 2.10. The monoisotopic (exact) mass is 353 g/mol. The van der Waals surface area contributed by atoms with Crippen molar-refractivity contribution in [2.45, 2.75) is 6.42 Å². The van der Waals surface area contributed by atoms with Crippen LogP contribution in [-0.4, -0.2) is 17.4 Å². The van der Waals surface area contributed by atoms with Crippen LogP contribution in [-0.2, 0) is 6.42 Å². The maximum absolute atomic E-state index is 13.6. The van der Waals surface area contributed by atoms with Gasteiger partial charge in [-0.05, 0) is 42.3 Å². The quantitative estimate of drug-likeness (QED) is 0.696. The minimum absolute atomic E-state index is 0.118. The van der Waals surface area contributed by atoms with Gasteiger partial charge in [0.05, 0.1) is 16.9 Å². The van der Waals surface area contributed by atoms with Crippen LogP contribution in [0.4, 0.5) is 20.2 Å². The number of halogens is 2. The van der Waals surface area contributed by atoms with Gasteiger partial charge in [0.15, 0.2) is 0 Å². The number of anilines is 2. The summed E-state index contributed by atoms with van der Waals surface area (Å²) in [6.07, 6.45) is 3.72. The lowest BCUT2D eigenvalue weighted by Gasteiger charge is -2.09. The first-order valence-electron chi connectivity index (χ1n) is 8.11. The van der Waals surface area contributed by atoms with E-state index in [-0.39, 0.29) is 11.5 Å². The van der Waals surface area contributed by atoms with Gasteiger partial charge in [0.1, 0.15) is 11.6 Å².